The van der Waals surface area contributed by atoms with E-state index in [9.17, 15) is 9.18 Å². The Bertz CT molecular complexity index is 1690. The Hall–Kier alpha value is -4.24. The molecule has 0 aliphatic rings. The third kappa shape index (κ3) is 3.37. The minimum Gasteiger partial charge on any atom is -0.266 e. The van der Waals surface area contributed by atoms with E-state index in [4.69, 9.17) is 10.1 Å². The predicted molar refractivity (Wildman–Crippen MR) is 129 cm³/mol. The summed E-state index contributed by atoms with van der Waals surface area (Å²) in [6.07, 6.45) is 1.40. The number of rotatable bonds is 5. The minimum absolute atomic E-state index is 0.208. The van der Waals surface area contributed by atoms with E-state index in [0.29, 0.717) is 21.8 Å². The molecule has 0 spiro atoms. The molecule has 0 saturated carbocycles. The van der Waals surface area contributed by atoms with Crippen molar-refractivity contribution in [2.45, 2.75) is 10.8 Å². The van der Waals surface area contributed by atoms with Crippen LogP contribution >= 0.6 is 11.8 Å². The van der Waals surface area contributed by atoms with Crippen LogP contribution in [0.3, 0.4) is 0 Å². The van der Waals surface area contributed by atoms with Crippen molar-refractivity contribution in [3.8, 4) is 11.4 Å². The molecule has 0 fully saturated rings. The van der Waals surface area contributed by atoms with Crippen molar-refractivity contribution >= 4 is 28.6 Å². The first-order valence-corrected chi connectivity index (χ1v) is 11.6. The molecular weight excluding hydrogens is 451 g/mol. The Balaban J connectivity index is 1.59. The third-order valence-corrected chi connectivity index (χ3v) is 6.50. The van der Waals surface area contributed by atoms with Gasteiger partial charge in [0.15, 0.2) is 5.65 Å². The maximum atomic E-state index is 14.5. The van der Waals surface area contributed by atoms with Gasteiger partial charge < -0.3 is 0 Å². The van der Waals surface area contributed by atoms with Crippen molar-refractivity contribution in [2.24, 2.45) is 0 Å². The summed E-state index contributed by atoms with van der Waals surface area (Å²) in [4.78, 5) is 18.3. The first-order chi connectivity index (χ1) is 16.7. The van der Waals surface area contributed by atoms with Crippen molar-refractivity contribution in [1.82, 2.24) is 28.9 Å². The van der Waals surface area contributed by atoms with Crippen LogP contribution in [-0.4, -0.2) is 28.9 Å². The van der Waals surface area contributed by atoms with E-state index in [1.165, 1.54) is 33.2 Å². The second-order valence-corrected chi connectivity index (χ2v) is 8.57. The summed E-state index contributed by atoms with van der Waals surface area (Å²) in [6.45, 7) is 0. The molecule has 6 rings (SSSR count). The number of aromatic nitrogens is 6. The van der Waals surface area contributed by atoms with E-state index in [1.807, 2.05) is 60.7 Å². The van der Waals surface area contributed by atoms with E-state index >= 15 is 0 Å². The number of halogens is 1. The van der Waals surface area contributed by atoms with Crippen molar-refractivity contribution in [3.63, 3.8) is 0 Å². The molecule has 0 radical (unpaired) electrons. The van der Waals surface area contributed by atoms with Gasteiger partial charge >= 0.3 is 0 Å². The standard InChI is InChI=1S/C25H17FN6OS/c26-19-13-7-8-14-20(19)30-16-27-32-24(33)21-22(28-25(30)32)31(18-11-5-2-6-12-18)29-23(21)34-15-17-9-3-1-4-10-17/h1-14,16H,15H2. The average molecular weight is 469 g/mol. The van der Waals surface area contributed by atoms with Gasteiger partial charge in [-0.1, -0.05) is 72.4 Å². The molecule has 0 unspecified atom stereocenters. The number of para-hydroxylation sites is 2. The van der Waals surface area contributed by atoms with Gasteiger partial charge in [-0.05, 0) is 29.8 Å². The smallest absolute Gasteiger partial charge is 0.266 e. The average Bonchev–Trinajstić information content (AvgIpc) is 3.47. The van der Waals surface area contributed by atoms with Crippen LogP contribution in [0.15, 0.2) is 101 Å². The molecule has 34 heavy (non-hydrogen) atoms. The van der Waals surface area contributed by atoms with E-state index in [-0.39, 0.29) is 17.0 Å². The van der Waals surface area contributed by atoms with Crippen molar-refractivity contribution in [1.29, 1.82) is 0 Å². The van der Waals surface area contributed by atoms with Crippen LogP contribution in [0.2, 0.25) is 0 Å². The summed E-state index contributed by atoms with van der Waals surface area (Å²) in [6, 6.07) is 25.8. The summed E-state index contributed by atoms with van der Waals surface area (Å²) in [5.41, 5.74) is 2.19. The molecule has 0 atom stereocenters. The highest BCUT2D eigenvalue weighted by atomic mass is 32.2. The molecule has 3 aromatic heterocycles. The zero-order chi connectivity index (χ0) is 23.1. The van der Waals surface area contributed by atoms with Gasteiger partial charge in [0, 0.05) is 5.75 Å². The lowest BCUT2D eigenvalue weighted by Crippen LogP contribution is -2.17. The Kier molecular flexibility index (Phi) is 4.96. The highest BCUT2D eigenvalue weighted by Crippen LogP contribution is 2.29. The molecule has 7 nitrogen and oxygen atoms in total. The molecule has 6 aromatic rings. The maximum Gasteiger partial charge on any atom is 0.288 e. The fourth-order valence-corrected chi connectivity index (χ4v) is 4.79. The second kappa shape index (κ2) is 8.27. The lowest BCUT2D eigenvalue weighted by molar-refractivity contribution is 0.619. The molecule has 3 aromatic carbocycles. The van der Waals surface area contributed by atoms with E-state index < -0.39 is 5.82 Å². The zero-order valence-electron chi connectivity index (χ0n) is 17.7. The SMILES string of the molecule is O=c1c2c(SCc3ccccc3)nn(-c3ccccc3)c2nc2n(-c3ccccc3F)cnn12. The first kappa shape index (κ1) is 20.4. The molecule has 3 heterocycles. The number of nitrogens with zero attached hydrogens (tertiary/aromatic N) is 6. The van der Waals surface area contributed by atoms with E-state index in [1.54, 1.807) is 22.9 Å². The molecule has 9 heteroatoms. The molecule has 0 aliphatic carbocycles. The van der Waals surface area contributed by atoms with Crippen molar-refractivity contribution < 1.29 is 4.39 Å². The normalized spacial score (nSPS) is 11.4. The Morgan fingerprint density at radius 1 is 0.882 bits per heavy atom. The van der Waals surface area contributed by atoms with Gasteiger partial charge in [-0.15, -0.1) is 0 Å². The van der Waals surface area contributed by atoms with Gasteiger partial charge in [-0.25, -0.2) is 9.07 Å². The Morgan fingerprint density at radius 3 is 2.35 bits per heavy atom. The van der Waals surface area contributed by atoms with Crippen LogP contribution in [0.25, 0.3) is 28.2 Å². The summed E-state index contributed by atoms with van der Waals surface area (Å²) in [7, 11) is 0. The minimum atomic E-state index is -0.438. The maximum absolute atomic E-state index is 14.5. The molecule has 0 saturated heterocycles. The third-order valence-electron chi connectivity index (χ3n) is 5.46. The molecule has 166 valence electrons. The number of hydrogen-bond donors (Lipinski definition) is 0. The van der Waals surface area contributed by atoms with Gasteiger partial charge in [0.25, 0.3) is 5.56 Å². The number of hydrogen-bond acceptors (Lipinski definition) is 5. The van der Waals surface area contributed by atoms with Gasteiger partial charge in [0.05, 0.1) is 11.4 Å². The fourth-order valence-electron chi connectivity index (χ4n) is 3.83. The van der Waals surface area contributed by atoms with Crippen LogP contribution in [0.1, 0.15) is 5.56 Å². The predicted octanol–water partition coefficient (Wildman–Crippen LogP) is 4.65. The first-order valence-electron chi connectivity index (χ1n) is 10.6. The summed E-state index contributed by atoms with van der Waals surface area (Å²) in [5, 5.41) is 9.91. The lowest BCUT2D eigenvalue weighted by Gasteiger charge is -2.05. The Labute approximate surface area is 197 Å². The molecule has 0 amide bonds. The molecular formula is C25H17FN6OS. The topological polar surface area (TPSA) is 70.0 Å². The van der Waals surface area contributed by atoms with Gasteiger partial charge in [-0.2, -0.15) is 19.7 Å². The largest absolute Gasteiger partial charge is 0.288 e. The van der Waals surface area contributed by atoms with Crippen LogP contribution in [0.5, 0.6) is 0 Å². The second-order valence-electron chi connectivity index (χ2n) is 7.61. The fraction of sp³-hybridized carbons (Fsp3) is 0.0400. The zero-order valence-corrected chi connectivity index (χ0v) is 18.6. The molecule has 0 N–H and O–H groups in total. The van der Waals surface area contributed by atoms with Gasteiger partial charge in [0.2, 0.25) is 5.78 Å². The van der Waals surface area contributed by atoms with Crippen molar-refractivity contribution in [3.05, 3.63) is 113 Å². The van der Waals surface area contributed by atoms with Crippen LogP contribution in [0.4, 0.5) is 4.39 Å². The Morgan fingerprint density at radius 2 is 1.59 bits per heavy atom. The number of thioether (sulfide) groups is 1. The van der Waals surface area contributed by atoms with Crippen LogP contribution in [-0.2, 0) is 5.75 Å². The quantitative estimate of drug-likeness (QED) is 0.345. The van der Waals surface area contributed by atoms with Crippen LogP contribution < -0.4 is 5.56 Å². The van der Waals surface area contributed by atoms with E-state index in [2.05, 4.69) is 5.10 Å². The van der Waals surface area contributed by atoms with E-state index in [0.717, 1.165) is 11.3 Å². The van der Waals surface area contributed by atoms with Gasteiger partial charge in [0.1, 0.15) is 22.6 Å². The summed E-state index contributed by atoms with van der Waals surface area (Å²) >= 11 is 1.47. The van der Waals surface area contributed by atoms with Gasteiger partial charge in [-0.3, -0.25) is 9.36 Å². The highest BCUT2D eigenvalue weighted by molar-refractivity contribution is 7.98. The molecule has 0 aliphatic heterocycles. The molecule has 0 bridgehead atoms. The monoisotopic (exact) mass is 468 g/mol. The highest BCUT2D eigenvalue weighted by Gasteiger charge is 2.22. The number of fused-ring (bicyclic) bond motifs is 2. The van der Waals surface area contributed by atoms with Crippen molar-refractivity contribution in [2.75, 3.05) is 0 Å². The summed E-state index contributed by atoms with van der Waals surface area (Å²) in [5.74, 6) is 0.416. The lowest BCUT2D eigenvalue weighted by atomic mass is 10.2. The number of benzene rings is 3. The van der Waals surface area contributed by atoms with Crippen LogP contribution in [0, 0.1) is 5.82 Å². The summed E-state index contributed by atoms with van der Waals surface area (Å²) < 4.78 is 18.8.